The topological polar surface area (TPSA) is 89.6 Å². The van der Waals surface area contributed by atoms with Crippen molar-refractivity contribution >= 4 is 41.2 Å². The van der Waals surface area contributed by atoms with Crippen molar-refractivity contribution in [2.75, 3.05) is 5.32 Å². The van der Waals surface area contributed by atoms with Gasteiger partial charge in [-0.05, 0) is 31.2 Å². The van der Waals surface area contributed by atoms with Gasteiger partial charge >= 0.3 is 6.09 Å². The summed E-state index contributed by atoms with van der Waals surface area (Å²) in [5, 5.41) is 10.8. The van der Waals surface area contributed by atoms with Crippen LogP contribution in [0.1, 0.15) is 11.5 Å². The third kappa shape index (κ3) is 4.01. The molecule has 132 valence electrons. The Bertz CT molecular complexity index is 938. The van der Waals surface area contributed by atoms with Crippen LogP contribution in [0.2, 0.25) is 10.0 Å². The first-order valence-electron chi connectivity index (χ1n) is 7.39. The molecule has 0 fully saturated rings. The van der Waals surface area contributed by atoms with E-state index in [9.17, 15) is 4.79 Å². The average molecular weight is 391 g/mol. The number of hydrogen-bond donors (Lipinski definition) is 1. The summed E-state index contributed by atoms with van der Waals surface area (Å²) in [7, 11) is 0. The Kier molecular flexibility index (Phi) is 5.50. The van der Waals surface area contributed by atoms with Crippen molar-refractivity contribution in [3.8, 4) is 11.3 Å². The fourth-order valence-corrected chi connectivity index (χ4v) is 2.70. The highest BCUT2D eigenvalue weighted by molar-refractivity contribution is 6.39. The van der Waals surface area contributed by atoms with Crippen molar-refractivity contribution in [3.63, 3.8) is 0 Å². The molecule has 0 spiro atoms. The van der Waals surface area contributed by atoms with Gasteiger partial charge in [-0.15, -0.1) is 0 Å². The minimum atomic E-state index is -0.826. The Morgan fingerprint density at radius 1 is 1.23 bits per heavy atom. The van der Waals surface area contributed by atoms with E-state index in [1.54, 1.807) is 49.5 Å². The van der Waals surface area contributed by atoms with Gasteiger partial charge in [0.2, 0.25) is 0 Å². The van der Waals surface area contributed by atoms with Crippen LogP contribution in [0.15, 0.2) is 52.3 Å². The second-order valence-corrected chi connectivity index (χ2v) is 5.87. The molecule has 1 amide bonds. The van der Waals surface area contributed by atoms with Crippen LogP contribution < -0.4 is 5.32 Å². The molecule has 7 nitrogen and oxygen atoms in total. The number of benzene rings is 1. The average Bonchev–Trinajstić information content (AvgIpc) is 2.96. The highest BCUT2D eigenvalue weighted by Crippen LogP contribution is 2.39. The molecule has 3 rings (SSSR count). The summed E-state index contributed by atoms with van der Waals surface area (Å²) in [4.78, 5) is 20.8. The molecule has 0 aliphatic carbocycles. The molecular formula is C17H12Cl2N4O3. The van der Waals surface area contributed by atoms with E-state index in [1.807, 2.05) is 0 Å². The monoisotopic (exact) mass is 390 g/mol. The van der Waals surface area contributed by atoms with Gasteiger partial charge in [0.1, 0.15) is 11.4 Å². The summed E-state index contributed by atoms with van der Waals surface area (Å²) in [6.45, 7) is 1.63. The summed E-state index contributed by atoms with van der Waals surface area (Å²) in [6, 6.07) is 10.3. The number of aromatic nitrogens is 2. The maximum atomic E-state index is 12.0. The minimum Gasteiger partial charge on any atom is -0.359 e. The molecule has 26 heavy (non-hydrogen) atoms. The molecule has 0 bridgehead atoms. The zero-order valence-corrected chi connectivity index (χ0v) is 15.0. The molecule has 0 saturated heterocycles. The van der Waals surface area contributed by atoms with Crippen LogP contribution in [0.4, 0.5) is 10.5 Å². The Hall–Kier alpha value is -2.90. The number of halogens is 2. The van der Waals surface area contributed by atoms with E-state index in [0.717, 1.165) is 0 Å². The van der Waals surface area contributed by atoms with E-state index in [4.69, 9.17) is 32.6 Å². The van der Waals surface area contributed by atoms with Gasteiger partial charge in [-0.1, -0.05) is 45.6 Å². The van der Waals surface area contributed by atoms with Gasteiger partial charge in [-0.25, -0.2) is 4.79 Å². The quantitative estimate of drug-likeness (QED) is 0.387. The zero-order chi connectivity index (χ0) is 18.5. The van der Waals surface area contributed by atoms with Crippen LogP contribution in [0.5, 0.6) is 0 Å². The van der Waals surface area contributed by atoms with Crippen LogP contribution in [0.3, 0.4) is 0 Å². The molecule has 0 atom stereocenters. The maximum Gasteiger partial charge on any atom is 0.438 e. The highest BCUT2D eigenvalue weighted by atomic mass is 35.5. The maximum absolute atomic E-state index is 12.0. The van der Waals surface area contributed by atoms with Crippen LogP contribution in [0, 0.1) is 6.92 Å². The number of nitrogens with zero attached hydrogens (tertiary/aromatic N) is 3. The lowest BCUT2D eigenvalue weighted by atomic mass is 10.1. The summed E-state index contributed by atoms with van der Waals surface area (Å²) in [5.41, 5.74) is 1.58. The van der Waals surface area contributed by atoms with Crippen molar-refractivity contribution < 1.29 is 14.2 Å². The van der Waals surface area contributed by atoms with Crippen molar-refractivity contribution in [2.45, 2.75) is 6.92 Å². The van der Waals surface area contributed by atoms with E-state index in [0.29, 0.717) is 32.8 Å². The Balaban J connectivity index is 1.77. The first-order valence-corrected chi connectivity index (χ1v) is 8.15. The third-order valence-electron chi connectivity index (χ3n) is 3.30. The van der Waals surface area contributed by atoms with E-state index >= 15 is 0 Å². The smallest absolute Gasteiger partial charge is 0.359 e. The predicted octanol–water partition coefficient (Wildman–Crippen LogP) is 4.93. The van der Waals surface area contributed by atoms with E-state index in [-0.39, 0.29) is 5.69 Å². The minimum absolute atomic E-state index is 0.290. The number of nitrogens with one attached hydrogen (secondary N) is 1. The number of carbonyl (C=O) groups excluding carboxylic acids is 1. The van der Waals surface area contributed by atoms with Crippen LogP contribution in [-0.4, -0.2) is 22.4 Å². The molecule has 0 saturated carbocycles. The van der Waals surface area contributed by atoms with Gasteiger partial charge in [0.05, 0.1) is 22.0 Å². The van der Waals surface area contributed by atoms with E-state index < -0.39 is 6.09 Å². The molecular weight excluding hydrogens is 379 g/mol. The highest BCUT2D eigenvalue weighted by Gasteiger charge is 2.21. The second kappa shape index (κ2) is 7.99. The second-order valence-electron chi connectivity index (χ2n) is 5.05. The number of pyridine rings is 1. The molecule has 0 unspecified atom stereocenters. The Morgan fingerprint density at radius 3 is 2.69 bits per heavy atom. The SMILES string of the molecule is Cc1onc(-c2c(Cl)cccc2Cl)c1NC(=O)O/N=C/c1ccccn1. The number of carbonyl (C=O) groups is 1. The van der Waals surface area contributed by atoms with E-state index in [2.05, 4.69) is 20.6 Å². The normalized spacial score (nSPS) is 10.9. The van der Waals surface area contributed by atoms with Crippen molar-refractivity contribution in [2.24, 2.45) is 5.16 Å². The number of hydrogen-bond acceptors (Lipinski definition) is 6. The summed E-state index contributed by atoms with van der Waals surface area (Å²) in [5.74, 6) is 0.363. The lowest BCUT2D eigenvalue weighted by molar-refractivity contribution is 0.167. The van der Waals surface area contributed by atoms with Gasteiger partial charge in [0.15, 0.2) is 5.76 Å². The Morgan fingerprint density at radius 2 is 2.00 bits per heavy atom. The van der Waals surface area contributed by atoms with Gasteiger partial charge < -0.3 is 4.52 Å². The largest absolute Gasteiger partial charge is 0.438 e. The number of oxime groups is 1. The van der Waals surface area contributed by atoms with Crippen LogP contribution in [-0.2, 0) is 4.84 Å². The number of anilines is 1. The molecule has 1 aromatic carbocycles. The number of aryl methyl sites for hydroxylation is 1. The van der Waals surface area contributed by atoms with Gasteiger partial charge in [0.25, 0.3) is 0 Å². The Labute approximate surface area is 158 Å². The van der Waals surface area contributed by atoms with E-state index in [1.165, 1.54) is 6.21 Å². The lowest BCUT2D eigenvalue weighted by Gasteiger charge is -2.07. The van der Waals surface area contributed by atoms with Crippen LogP contribution in [0.25, 0.3) is 11.3 Å². The molecule has 0 aliphatic rings. The third-order valence-corrected chi connectivity index (χ3v) is 3.93. The van der Waals surface area contributed by atoms with Gasteiger partial charge in [0, 0.05) is 11.8 Å². The summed E-state index contributed by atoms with van der Waals surface area (Å²) in [6.07, 6.45) is 2.08. The van der Waals surface area contributed by atoms with Gasteiger partial charge in [-0.3, -0.25) is 15.1 Å². The lowest BCUT2D eigenvalue weighted by Crippen LogP contribution is -2.12. The van der Waals surface area contributed by atoms with Crippen molar-refractivity contribution in [1.29, 1.82) is 0 Å². The standard InChI is InChI=1S/C17H12Cl2N4O3/c1-10-15(16(23-25-10)14-12(18)6-4-7-13(14)19)22-17(24)26-21-9-11-5-2-3-8-20-11/h2-9H,1H3,(H,22,24)/b21-9+. The van der Waals surface area contributed by atoms with Crippen LogP contribution >= 0.6 is 23.2 Å². The fraction of sp³-hybridized carbons (Fsp3) is 0.0588. The number of rotatable bonds is 4. The number of amides is 1. The molecule has 9 heteroatoms. The summed E-state index contributed by atoms with van der Waals surface area (Å²) >= 11 is 12.4. The molecule has 2 heterocycles. The van der Waals surface area contributed by atoms with Crippen molar-refractivity contribution in [1.82, 2.24) is 10.1 Å². The molecule has 3 aromatic rings. The molecule has 2 aromatic heterocycles. The summed E-state index contributed by atoms with van der Waals surface area (Å²) < 4.78 is 5.15. The molecule has 0 aliphatic heterocycles. The fourth-order valence-electron chi connectivity index (χ4n) is 2.12. The predicted molar refractivity (Wildman–Crippen MR) is 98.6 cm³/mol. The van der Waals surface area contributed by atoms with Crippen molar-refractivity contribution in [3.05, 3.63) is 64.1 Å². The molecule has 0 radical (unpaired) electrons. The van der Waals surface area contributed by atoms with Gasteiger partial charge in [-0.2, -0.15) is 0 Å². The first-order chi connectivity index (χ1) is 12.6. The first kappa shape index (κ1) is 17.9. The zero-order valence-electron chi connectivity index (χ0n) is 13.4. The molecule has 1 N–H and O–H groups in total.